The van der Waals surface area contributed by atoms with Crippen LogP contribution in [0.15, 0.2) is 18.2 Å². The monoisotopic (exact) mass is 263 g/mol. The molecule has 0 radical (unpaired) electrons. The molecule has 1 amide bonds. The maximum atomic E-state index is 14.1. The maximum absolute atomic E-state index is 14.1. The van der Waals surface area contributed by atoms with E-state index in [2.05, 4.69) is 6.92 Å². The highest BCUT2D eigenvalue weighted by Gasteiger charge is 2.26. The van der Waals surface area contributed by atoms with Crippen LogP contribution in [0.5, 0.6) is 0 Å². The lowest BCUT2D eigenvalue weighted by molar-refractivity contribution is 0.0673. The van der Waals surface area contributed by atoms with E-state index in [4.69, 9.17) is 0 Å². The van der Waals surface area contributed by atoms with E-state index in [0.717, 1.165) is 32.2 Å². The fourth-order valence-corrected chi connectivity index (χ4v) is 2.84. The van der Waals surface area contributed by atoms with E-state index in [-0.39, 0.29) is 23.3 Å². The molecule has 0 spiro atoms. The van der Waals surface area contributed by atoms with Crippen molar-refractivity contribution in [3.8, 4) is 0 Å². The first-order valence-electron chi connectivity index (χ1n) is 7.21. The molecule has 1 unspecified atom stereocenters. The van der Waals surface area contributed by atoms with Crippen LogP contribution in [0.1, 0.15) is 54.9 Å². The number of amides is 1. The summed E-state index contributed by atoms with van der Waals surface area (Å²) in [5.41, 5.74) is 0.758. The molecule has 1 heterocycles. The van der Waals surface area contributed by atoms with Crippen molar-refractivity contribution in [2.24, 2.45) is 0 Å². The van der Waals surface area contributed by atoms with E-state index in [1.54, 1.807) is 25.1 Å². The number of halogens is 1. The Bertz CT molecular complexity index is 458. The summed E-state index contributed by atoms with van der Waals surface area (Å²) in [6, 6.07) is 5.31. The molecule has 1 atom stereocenters. The van der Waals surface area contributed by atoms with Crippen molar-refractivity contribution in [3.05, 3.63) is 35.1 Å². The van der Waals surface area contributed by atoms with Crippen LogP contribution in [-0.4, -0.2) is 23.4 Å². The molecule has 3 heteroatoms. The van der Waals surface area contributed by atoms with Crippen LogP contribution in [0.3, 0.4) is 0 Å². The second kappa shape index (κ2) is 6.18. The van der Waals surface area contributed by atoms with Crippen molar-refractivity contribution in [2.45, 2.75) is 52.0 Å². The molecule has 0 N–H and O–H groups in total. The number of hydrogen-bond acceptors (Lipinski definition) is 1. The Morgan fingerprint density at radius 1 is 1.37 bits per heavy atom. The van der Waals surface area contributed by atoms with E-state index in [1.165, 1.54) is 6.42 Å². The van der Waals surface area contributed by atoms with Crippen LogP contribution >= 0.6 is 0 Å². The van der Waals surface area contributed by atoms with Gasteiger partial charge >= 0.3 is 0 Å². The molecule has 0 bridgehead atoms. The van der Waals surface area contributed by atoms with Crippen LogP contribution in [-0.2, 0) is 0 Å². The first-order chi connectivity index (χ1) is 9.15. The molecule has 1 aliphatic rings. The molecule has 0 aromatic heterocycles. The second-order valence-corrected chi connectivity index (χ2v) is 5.35. The Hall–Kier alpha value is -1.38. The van der Waals surface area contributed by atoms with E-state index < -0.39 is 0 Å². The highest BCUT2D eigenvalue weighted by Crippen LogP contribution is 2.23. The first-order valence-corrected chi connectivity index (χ1v) is 7.21. The number of carbonyl (C=O) groups excluding carboxylic acids is 1. The number of aryl methyl sites for hydroxylation is 1. The summed E-state index contributed by atoms with van der Waals surface area (Å²) in [5.74, 6) is -0.512. The molecule has 2 rings (SSSR count). The minimum absolute atomic E-state index is 0.144. The molecule has 1 aliphatic heterocycles. The van der Waals surface area contributed by atoms with Crippen LogP contribution in [0.25, 0.3) is 0 Å². The van der Waals surface area contributed by atoms with Crippen molar-refractivity contribution >= 4 is 5.91 Å². The molecule has 104 valence electrons. The van der Waals surface area contributed by atoms with Crippen LogP contribution in [0.2, 0.25) is 0 Å². The summed E-state index contributed by atoms with van der Waals surface area (Å²) >= 11 is 0. The highest BCUT2D eigenvalue weighted by molar-refractivity contribution is 5.95. The second-order valence-electron chi connectivity index (χ2n) is 5.35. The Balaban J connectivity index is 2.28. The summed E-state index contributed by atoms with van der Waals surface area (Å²) in [4.78, 5) is 14.5. The molecule has 0 saturated carbocycles. The normalized spacial score (nSPS) is 20.2. The molecule has 0 aliphatic carbocycles. The highest BCUT2D eigenvalue weighted by atomic mass is 19.1. The van der Waals surface area contributed by atoms with E-state index in [9.17, 15) is 9.18 Å². The van der Waals surface area contributed by atoms with Gasteiger partial charge in [-0.05, 0) is 37.8 Å². The lowest BCUT2D eigenvalue weighted by Gasteiger charge is -2.29. The van der Waals surface area contributed by atoms with Gasteiger partial charge in [0, 0.05) is 12.6 Å². The third-order valence-electron chi connectivity index (χ3n) is 4.03. The van der Waals surface area contributed by atoms with Gasteiger partial charge in [0.1, 0.15) is 5.82 Å². The number of likely N-dealkylation sites (tertiary alicyclic amines) is 1. The van der Waals surface area contributed by atoms with Crippen molar-refractivity contribution in [1.29, 1.82) is 0 Å². The van der Waals surface area contributed by atoms with Gasteiger partial charge < -0.3 is 4.90 Å². The van der Waals surface area contributed by atoms with Gasteiger partial charge in [0.05, 0.1) is 5.56 Å². The largest absolute Gasteiger partial charge is 0.336 e. The topological polar surface area (TPSA) is 20.3 Å². The Kier molecular flexibility index (Phi) is 4.56. The summed E-state index contributed by atoms with van der Waals surface area (Å²) in [5, 5.41) is 0. The van der Waals surface area contributed by atoms with Gasteiger partial charge in [-0.15, -0.1) is 0 Å². The van der Waals surface area contributed by atoms with Crippen LogP contribution in [0, 0.1) is 12.7 Å². The van der Waals surface area contributed by atoms with Crippen molar-refractivity contribution in [2.75, 3.05) is 6.54 Å². The fraction of sp³-hybridized carbons (Fsp3) is 0.562. The van der Waals surface area contributed by atoms with E-state index in [0.29, 0.717) is 5.56 Å². The molecule has 2 nitrogen and oxygen atoms in total. The van der Waals surface area contributed by atoms with E-state index in [1.807, 2.05) is 4.90 Å². The summed E-state index contributed by atoms with van der Waals surface area (Å²) < 4.78 is 14.1. The Labute approximate surface area is 114 Å². The zero-order chi connectivity index (χ0) is 13.8. The van der Waals surface area contributed by atoms with Gasteiger partial charge in [-0.3, -0.25) is 4.79 Å². The third kappa shape index (κ3) is 2.96. The smallest absolute Gasteiger partial charge is 0.257 e. The van der Waals surface area contributed by atoms with Gasteiger partial charge in [-0.1, -0.05) is 31.9 Å². The SMILES string of the molecule is CCC1CCCCCN1C(=O)c1cccc(C)c1F. The van der Waals surface area contributed by atoms with Gasteiger partial charge in [0.25, 0.3) is 5.91 Å². The number of benzene rings is 1. The van der Waals surface area contributed by atoms with Crippen molar-refractivity contribution in [3.63, 3.8) is 0 Å². The van der Waals surface area contributed by atoms with Gasteiger partial charge in [0.2, 0.25) is 0 Å². The predicted molar refractivity (Wildman–Crippen MR) is 74.7 cm³/mol. The molecular formula is C16H22FNO. The summed E-state index contributed by atoms with van der Waals surface area (Å²) in [6.07, 6.45) is 5.33. The minimum atomic E-state index is -0.369. The Morgan fingerprint density at radius 2 is 2.16 bits per heavy atom. The lowest BCUT2D eigenvalue weighted by atomic mass is 10.1. The van der Waals surface area contributed by atoms with Crippen LogP contribution in [0.4, 0.5) is 4.39 Å². The van der Waals surface area contributed by atoms with Gasteiger partial charge in [-0.2, -0.15) is 0 Å². The predicted octanol–water partition coefficient (Wildman–Crippen LogP) is 3.93. The minimum Gasteiger partial charge on any atom is -0.336 e. The maximum Gasteiger partial charge on any atom is 0.257 e. The van der Waals surface area contributed by atoms with Gasteiger partial charge in [0.15, 0.2) is 0 Å². The molecule has 19 heavy (non-hydrogen) atoms. The Morgan fingerprint density at radius 3 is 2.89 bits per heavy atom. The summed E-state index contributed by atoms with van der Waals surface area (Å²) in [6.45, 7) is 4.55. The number of carbonyl (C=O) groups is 1. The van der Waals surface area contributed by atoms with Crippen molar-refractivity contribution < 1.29 is 9.18 Å². The quantitative estimate of drug-likeness (QED) is 0.791. The number of hydrogen-bond donors (Lipinski definition) is 0. The number of nitrogens with zero attached hydrogens (tertiary/aromatic N) is 1. The third-order valence-corrected chi connectivity index (χ3v) is 4.03. The van der Waals surface area contributed by atoms with Gasteiger partial charge in [-0.25, -0.2) is 4.39 Å². The molecule has 1 saturated heterocycles. The van der Waals surface area contributed by atoms with E-state index >= 15 is 0 Å². The average Bonchev–Trinajstić information content (AvgIpc) is 2.66. The molecular weight excluding hydrogens is 241 g/mol. The summed E-state index contributed by atoms with van der Waals surface area (Å²) in [7, 11) is 0. The first kappa shape index (κ1) is 14.0. The molecule has 1 aromatic carbocycles. The zero-order valence-corrected chi connectivity index (χ0v) is 11.8. The lowest BCUT2D eigenvalue weighted by Crippen LogP contribution is -2.40. The standard InChI is InChI=1S/C16H22FNO/c1-3-13-9-5-4-6-11-18(13)16(19)14-10-7-8-12(2)15(14)17/h7-8,10,13H,3-6,9,11H2,1-2H3. The fourth-order valence-electron chi connectivity index (χ4n) is 2.84. The average molecular weight is 263 g/mol. The zero-order valence-electron chi connectivity index (χ0n) is 11.8. The number of rotatable bonds is 2. The van der Waals surface area contributed by atoms with Crippen LogP contribution < -0.4 is 0 Å². The molecule has 1 aromatic rings. The van der Waals surface area contributed by atoms with Crippen molar-refractivity contribution in [1.82, 2.24) is 4.90 Å². The molecule has 1 fully saturated rings.